The maximum Gasteiger partial charge on any atom is 0.254 e. The zero-order valence-corrected chi connectivity index (χ0v) is 15.6. The van der Waals surface area contributed by atoms with Gasteiger partial charge in [0.2, 0.25) is 5.91 Å². The van der Waals surface area contributed by atoms with E-state index in [1.807, 2.05) is 51.1 Å². The highest BCUT2D eigenvalue weighted by Crippen LogP contribution is 2.39. The molecule has 1 atom stereocenters. The largest absolute Gasteiger partial charge is 0.491 e. The first-order valence-electron chi connectivity index (χ1n) is 8.76. The van der Waals surface area contributed by atoms with E-state index in [4.69, 9.17) is 4.74 Å². The summed E-state index contributed by atoms with van der Waals surface area (Å²) >= 11 is 0. The van der Waals surface area contributed by atoms with E-state index >= 15 is 0 Å². The molecule has 0 saturated carbocycles. The van der Waals surface area contributed by atoms with Crippen LogP contribution in [0.3, 0.4) is 0 Å². The molecule has 0 fully saturated rings. The Morgan fingerprint density at radius 3 is 2.58 bits per heavy atom. The first-order chi connectivity index (χ1) is 12.4. The number of ether oxygens (including phenoxy) is 1. The number of rotatable bonds is 5. The van der Waals surface area contributed by atoms with Crippen LogP contribution in [-0.2, 0) is 9.59 Å². The average molecular weight is 352 g/mol. The van der Waals surface area contributed by atoms with Gasteiger partial charge in [-0.3, -0.25) is 9.59 Å². The van der Waals surface area contributed by atoms with Crippen molar-refractivity contribution < 1.29 is 14.3 Å². The number of benzene rings is 2. The second kappa shape index (κ2) is 7.20. The number of carbonyl (C=O) groups is 2. The van der Waals surface area contributed by atoms with Crippen LogP contribution in [0.4, 0.5) is 5.69 Å². The lowest BCUT2D eigenvalue weighted by atomic mass is 10.0. The van der Waals surface area contributed by atoms with Crippen molar-refractivity contribution in [2.75, 3.05) is 18.1 Å². The van der Waals surface area contributed by atoms with Crippen LogP contribution in [0.5, 0.6) is 5.75 Å². The van der Waals surface area contributed by atoms with E-state index in [1.54, 1.807) is 4.90 Å². The van der Waals surface area contributed by atoms with Gasteiger partial charge in [-0.15, -0.1) is 0 Å². The van der Waals surface area contributed by atoms with Crippen LogP contribution in [0.1, 0.15) is 35.2 Å². The van der Waals surface area contributed by atoms with Crippen molar-refractivity contribution in [2.24, 2.45) is 0 Å². The highest BCUT2D eigenvalue weighted by molar-refractivity contribution is 6.07. The Bertz CT molecular complexity index is 860. The van der Waals surface area contributed by atoms with Gasteiger partial charge in [0.05, 0.1) is 12.2 Å². The number of amides is 2. The molecule has 0 unspecified atom stereocenters. The summed E-state index contributed by atoms with van der Waals surface area (Å²) in [7, 11) is 0. The zero-order valence-electron chi connectivity index (χ0n) is 15.6. The predicted molar refractivity (Wildman–Crippen MR) is 102 cm³/mol. The summed E-state index contributed by atoms with van der Waals surface area (Å²) in [4.78, 5) is 26.2. The zero-order chi connectivity index (χ0) is 18.8. The number of nitrogens with zero attached hydrogens (tertiary/aromatic N) is 1. The van der Waals surface area contributed by atoms with Gasteiger partial charge in [-0.05, 0) is 38.0 Å². The van der Waals surface area contributed by atoms with Gasteiger partial charge in [0, 0.05) is 12.5 Å². The van der Waals surface area contributed by atoms with E-state index in [1.165, 1.54) is 6.92 Å². The molecule has 0 aliphatic carbocycles. The topological polar surface area (TPSA) is 58.6 Å². The Hall–Kier alpha value is -2.82. The quantitative estimate of drug-likeness (QED) is 0.899. The molecule has 1 aliphatic rings. The molecule has 1 aliphatic heterocycles. The Labute approximate surface area is 154 Å². The molecular weight excluding hydrogens is 328 g/mol. The van der Waals surface area contributed by atoms with Crippen LogP contribution >= 0.6 is 0 Å². The third-order valence-corrected chi connectivity index (χ3v) is 4.58. The lowest BCUT2D eigenvalue weighted by molar-refractivity contribution is -0.126. The Morgan fingerprint density at radius 2 is 1.88 bits per heavy atom. The SMILES string of the molecule is CC(=O)N[C@H]1C(=O)N(CCOc2ccccc2C)c2c(C)cc(C)cc21. The highest BCUT2D eigenvalue weighted by atomic mass is 16.5. The van der Waals surface area contributed by atoms with Gasteiger partial charge in [-0.2, -0.15) is 0 Å². The fraction of sp³-hybridized carbons (Fsp3) is 0.333. The summed E-state index contributed by atoms with van der Waals surface area (Å²) < 4.78 is 5.86. The van der Waals surface area contributed by atoms with Crippen LogP contribution in [0.2, 0.25) is 0 Å². The molecule has 0 radical (unpaired) electrons. The molecule has 2 aromatic carbocycles. The minimum absolute atomic E-state index is 0.114. The van der Waals surface area contributed by atoms with Crippen LogP contribution < -0.4 is 15.0 Å². The minimum Gasteiger partial charge on any atom is -0.491 e. The van der Waals surface area contributed by atoms with Crippen molar-refractivity contribution in [3.63, 3.8) is 0 Å². The Morgan fingerprint density at radius 1 is 1.15 bits per heavy atom. The molecule has 0 saturated heterocycles. The number of hydrogen-bond donors (Lipinski definition) is 1. The van der Waals surface area contributed by atoms with E-state index in [0.29, 0.717) is 13.2 Å². The molecule has 26 heavy (non-hydrogen) atoms. The molecule has 5 nitrogen and oxygen atoms in total. The molecule has 5 heteroatoms. The van der Waals surface area contributed by atoms with Crippen molar-refractivity contribution in [1.29, 1.82) is 0 Å². The van der Waals surface area contributed by atoms with Crippen LogP contribution in [0.25, 0.3) is 0 Å². The van der Waals surface area contributed by atoms with E-state index in [0.717, 1.165) is 33.7 Å². The van der Waals surface area contributed by atoms with Gasteiger partial charge in [0.1, 0.15) is 18.4 Å². The molecule has 2 amide bonds. The lowest BCUT2D eigenvalue weighted by Crippen LogP contribution is -2.38. The van der Waals surface area contributed by atoms with E-state index in [9.17, 15) is 9.59 Å². The van der Waals surface area contributed by atoms with Crippen molar-refractivity contribution in [1.82, 2.24) is 5.32 Å². The summed E-state index contributed by atoms with van der Waals surface area (Å²) in [5, 5.41) is 2.78. The molecule has 1 heterocycles. The molecule has 136 valence electrons. The fourth-order valence-electron chi connectivity index (χ4n) is 3.51. The summed E-state index contributed by atoms with van der Waals surface area (Å²) in [5.41, 5.74) is 4.90. The van der Waals surface area contributed by atoms with Gasteiger partial charge in [0.15, 0.2) is 0 Å². The van der Waals surface area contributed by atoms with Gasteiger partial charge < -0.3 is 15.0 Å². The molecule has 0 bridgehead atoms. The summed E-state index contributed by atoms with van der Waals surface area (Å²) in [6, 6.07) is 11.2. The summed E-state index contributed by atoms with van der Waals surface area (Å²) in [5.74, 6) is 0.488. The predicted octanol–water partition coefficient (Wildman–Crippen LogP) is 3.21. The lowest BCUT2D eigenvalue weighted by Gasteiger charge is -2.20. The van der Waals surface area contributed by atoms with Crippen LogP contribution in [0, 0.1) is 20.8 Å². The van der Waals surface area contributed by atoms with Crippen molar-refractivity contribution in [3.8, 4) is 5.75 Å². The van der Waals surface area contributed by atoms with Gasteiger partial charge >= 0.3 is 0 Å². The molecule has 0 spiro atoms. The minimum atomic E-state index is -0.625. The van der Waals surface area contributed by atoms with E-state index in [2.05, 4.69) is 11.4 Å². The van der Waals surface area contributed by atoms with Crippen LogP contribution in [-0.4, -0.2) is 25.0 Å². The number of anilines is 1. The third kappa shape index (κ3) is 3.43. The molecule has 2 aromatic rings. The maximum atomic E-state index is 12.9. The summed E-state index contributed by atoms with van der Waals surface area (Å²) in [6.07, 6.45) is 0. The number of fused-ring (bicyclic) bond motifs is 1. The van der Waals surface area contributed by atoms with Crippen molar-refractivity contribution in [2.45, 2.75) is 33.7 Å². The number of hydrogen-bond acceptors (Lipinski definition) is 3. The molecule has 1 N–H and O–H groups in total. The molecular formula is C21H24N2O3. The first-order valence-corrected chi connectivity index (χ1v) is 8.76. The van der Waals surface area contributed by atoms with Gasteiger partial charge in [-0.25, -0.2) is 0 Å². The smallest absolute Gasteiger partial charge is 0.254 e. The van der Waals surface area contributed by atoms with Crippen LogP contribution in [0.15, 0.2) is 36.4 Å². The summed E-state index contributed by atoms with van der Waals surface area (Å²) in [6.45, 7) is 8.22. The Kier molecular flexibility index (Phi) is 4.98. The number of carbonyl (C=O) groups excluding carboxylic acids is 2. The van der Waals surface area contributed by atoms with Gasteiger partial charge in [0.25, 0.3) is 5.91 Å². The second-order valence-corrected chi connectivity index (χ2v) is 6.76. The van der Waals surface area contributed by atoms with Gasteiger partial charge in [-0.1, -0.05) is 35.9 Å². The molecule has 0 aromatic heterocycles. The second-order valence-electron chi connectivity index (χ2n) is 6.76. The highest BCUT2D eigenvalue weighted by Gasteiger charge is 2.38. The Balaban J connectivity index is 1.82. The molecule has 3 rings (SSSR count). The number of nitrogens with one attached hydrogen (secondary N) is 1. The first kappa shape index (κ1) is 18.0. The monoisotopic (exact) mass is 352 g/mol. The standard InChI is InChI=1S/C21H24N2O3/c1-13-11-15(3)20-17(12-13)19(22-16(4)24)21(25)23(20)9-10-26-18-8-6-5-7-14(18)2/h5-8,11-12,19H,9-10H2,1-4H3,(H,22,24)/t19-/m1/s1. The normalized spacial score (nSPS) is 15.8. The number of aryl methyl sites for hydroxylation is 3. The fourth-order valence-corrected chi connectivity index (χ4v) is 3.51. The van der Waals surface area contributed by atoms with Crippen molar-refractivity contribution >= 4 is 17.5 Å². The van der Waals surface area contributed by atoms with E-state index in [-0.39, 0.29) is 11.8 Å². The van der Waals surface area contributed by atoms with E-state index < -0.39 is 6.04 Å². The van der Waals surface area contributed by atoms with Crippen molar-refractivity contribution in [3.05, 3.63) is 58.7 Å². The number of para-hydroxylation sites is 1. The maximum absolute atomic E-state index is 12.9. The average Bonchev–Trinajstić information content (AvgIpc) is 2.82. The third-order valence-electron chi connectivity index (χ3n) is 4.58.